The molecule has 0 saturated heterocycles. The normalized spacial score (nSPS) is 12.4. The van der Waals surface area contributed by atoms with E-state index in [0.717, 1.165) is 12.1 Å². The second-order valence-electron chi connectivity index (χ2n) is 5.50. The van der Waals surface area contributed by atoms with Crippen molar-refractivity contribution < 1.29 is 39.9 Å². The summed E-state index contributed by atoms with van der Waals surface area (Å²) in [4.78, 5) is 12.6. The molecule has 0 amide bonds. The fourth-order valence-electron chi connectivity index (χ4n) is 2.68. The minimum Gasteiger partial charge on any atom is -0.288 e. The third-order valence-corrected chi connectivity index (χ3v) is 5.00. The summed E-state index contributed by atoms with van der Waals surface area (Å²) in [5, 5.41) is -0.920. The third kappa shape index (κ3) is 4.24. The molecule has 0 aromatic heterocycles. The van der Waals surface area contributed by atoms with Crippen LogP contribution in [0.2, 0.25) is 0 Å². The van der Waals surface area contributed by atoms with Gasteiger partial charge in [-0.25, -0.2) is 8.78 Å². The van der Waals surface area contributed by atoms with Crippen LogP contribution in [0.15, 0.2) is 24.3 Å². The summed E-state index contributed by atoms with van der Waals surface area (Å²) >= 11 is 5.51. The molecular weight excluding hydrogens is 532 g/mol. The molecule has 0 bridgehead atoms. The van der Waals surface area contributed by atoms with Gasteiger partial charge in [0.15, 0.2) is 5.78 Å². The van der Waals surface area contributed by atoms with Crippen LogP contribution in [0.4, 0.5) is 35.1 Å². The standard InChI is InChI=1S/C17H8Br2F8O/c18-5-7-1-3-9(20)11(13(7)16(22,23)24)15(28)12-10(21)4-2-8(6-19)14(12)17(25,26)27/h1-4H,5-6H2. The maximum Gasteiger partial charge on any atom is 0.417 e. The van der Waals surface area contributed by atoms with Crippen molar-refractivity contribution in [1.29, 1.82) is 0 Å². The Bertz CT molecular complexity index is 845. The van der Waals surface area contributed by atoms with Gasteiger partial charge in [0.1, 0.15) is 11.6 Å². The van der Waals surface area contributed by atoms with Crippen LogP contribution in [0, 0.1) is 11.6 Å². The van der Waals surface area contributed by atoms with E-state index in [4.69, 9.17) is 0 Å². The zero-order valence-electron chi connectivity index (χ0n) is 13.4. The summed E-state index contributed by atoms with van der Waals surface area (Å²) in [6.45, 7) is 0. The van der Waals surface area contributed by atoms with E-state index in [-0.39, 0.29) is 0 Å². The molecule has 2 aromatic rings. The second kappa shape index (κ2) is 8.10. The van der Waals surface area contributed by atoms with Gasteiger partial charge in [0.25, 0.3) is 0 Å². The van der Waals surface area contributed by atoms with E-state index in [1.807, 2.05) is 0 Å². The average molecular weight is 540 g/mol. The van der Waals surface area contributed by atoms with Gasteiger partial charge in [-0.15, -0.1) is 0 Å². The molecule has 11 heteroatoms. The van der Waals surface area contributed by atoms with Crippen molar-refractivity contribution >= 4 is 37.6 Å². The van der Waals surface area contributed by atoms with Gasteiger partial charge in [0.05, 0.1) is 22.3 Å². The third-order valence-electron chi connectivity index (χ3n) is 3.79. The van der Waals surface area contributed by atoms with Crippen molar-refractivity contribution in [2.75, 3.05) is 0 Å². The topological polar surface area (TPSA) is 17.1 Å². The molecule has 0 aliphatic carbocycles. The number of carbonyl (C=O) groups is 1. The van der Waals surface area contributed by atoms with E-state index in [1.54, 1.807) is 0 Å². The second-order valence-corrected chi connectivity index (χ2v) is 6.63. The van der Waals surface area contributed by atoms with Crippen molar-refractivity contribution in [2.24, 2.45) is 0 Å². The Kier molecular flexibility index (Phi) is 6.59. The summed E-state index contributed by atoms with van der Waals surface area (Å²) < 4.78 is 109. The van der Waals surface area contributed by atoms with Crippen molar-refractivity contribution in [3.8, 4) is 0 Å². The maximum atomic E-state index is 14.2. The first-order valence-corrected chi connectivity index (χ1v) is 9.52. The van der Waals surface area contributed by atoms with Gasteiger partial charge in [-0.1, -0.05) is 44.0 Å². The van der Waals surface area contributed by atoms with E-state index in [1.165, 1.54) is 0 Å². The molecule has 1 nitrogen and oxygen atoms in total. The Hall–Kier alpha value is -1.49. The molecule has 0 spiro atoms. The maximum absolute atomic E-state index is 14.2. The van der Waals surface area contributed by atoms with Gasteiger partial charge in [-0.2, -0.15) is 26.3 Å². The highest BCUT2D eigenvalue weighted by molar-refractivity contribution is 9.08. The summed E-state index contributed by atoms with van der Waals surface area (Å²) in [6, 6.07) is 2.50. The van der Waals surface area contributed by atoms with Crippen LogP contribution < -0.4 is 0 Å². The van der Waals surface area contributed by atoms with Crippen LogP contribution in [0.5, 0.6) is 0 Å². The Morgan fingerprint density at radius 1 is 0.714 bits per heavy atom. The molecule has 0 fully saturated rings. The number of ketones is 1. The fraction of sp³-hybridized carbons (Fsp3) is 0.235. The van der Waals surface area contributed by atoms with Crippen molar-refractivity contribution in [3.05, 3.63) is 69.3 Å². The summed E-state index contributed by atoms with van der Waals surface area (Å²) in [5.41, 5.74) is -8.01. The largest absolute Gasteiger partial charge is 0.417 e. The Balaban J connectivity index is 2.94. The van der Waals surface area contributed by atoms with E-state index >= 15 is 0 Å². The van der Waals surface area contributed by atoms with Crippen molar-refractivity contribution in [2.45, 2.75) is 23.0 Å². The Labute approximate surface area is 170 Å². The number of benzene rings is 2. The molecule has 0 N–H and O–H groups in total. The lowest BCUT2D eigenvalue weighted by atomic mass is 9.90. The molecule has 0 saturated carbocycles. The molecule has 152 valence electrons. The lowest BCUT2D eigenvalue weighted by Gasteiger charge is -2.20. The molecule has 0 unspecified atom stereocenters. The van der Waals surface area contributed by atoms with Crippen LogP contribution in [-0.2, 0) is 23.0 Å². The van der Waals surface area contributed by atoms with E-state index in [0.29, 0.717) is 12.1 Å². The first-order valence-electron chi connectivity index (χ1n) is 7.28. The molecule has 0 atom stereocenters. The van der Waals surface area contributed by atoms with Crippen LogP contribution in [-0.4, -0.2) is 5.78 Å². The van der Waals surface area contributed by atoms with Gasteiger partial charge in [0.2, 0.25) is 0 Å². The zero-order chi connectivity index (χ0) is 21.4. The molecule has 0 radical (unpaired) electrons. The highest BCUT2D eigenvalue weighted by Crippen LogP contribution is 2.41. The number of hydrogen-bond donors (Lipinski definition) is 0. The summed E-state index contributed by atoms with van der Waals surface area (Å²) in [5.74, 6) is -5.46. The molecule has 28 heavy (non-hydrogen) atoms. The Morgan fingerprint density at radius 3 is 1.29 bits per heavy atom. The summed E-state index contributed by atoms with van der Waals surface area (Å²) in [6.07, 6.45) is -10.5. The summed E-state index contributed by atoms with van der Waals surface area (Å²) in [7, 11) is 0. The van der Waals surface area contributed by atoms with Gasteiger partial charge in [-0.05, 0) is 23.3 Å². The van der Waals surface area contributed by atoms with Crippen LogP contribution in [0.25, 0.3) is 0 Å². The zero-order valence-corrected chi connectivity index (χ0v) is 16.6. The number of halogens is 10. The lowest BCUT2D eigenvalue weighted by molar-refractivity contribution is -0.138. The minimum atomic E-state index is -5.27. The quantitative estimate of drug-likeness (QED) is 0.232. The van der Waals surface area contributed by atoms with Gasteiger partial charge >= 0.3 is 12.4 Å². The van der Waals surface area contributed by atoms with Crippen LogP contribution >= 0.6 is 31.9 Å². The minimum absolute atomic E-state index is 0.460. The number of alkyl halides is 8. The molecule has 2 aromatic carbocycles. The highest BCUT2D eigenvalue weighted by Gasteiger charge is 2.44. The monoisotopic (exact) mass is 538 g/mol. The van der Waals surface area contributed by atoms with Crippen LogP contribution in [0.1, 0.15) is 38.2 Å². The number of carbonyl (C=O) groups excluding carboxylic acids is 1. The van der Waals surface area contributed by atoms with E-state index in [9.17, 15) is 39.9 Å². The van der Waals surface area contributed by atoms with Crippen molar-refractivity contribution in [3.63, 3.8) is 0 Å². The average Bonchev–Trinajstić information content (AvgIpc) is 2.58. The molecule has 0 heterocycles. The van der Waals surface area contributed by atoms with Gasteiger partial charge in [0, 0.05) is 10.7 Å². The number of rotatable bonds is 4. The van der Waals surface area contributed by atoms with Crippen molar-refractivity contribution in [1.82, 2.24) is 0 Å². The molecule has 0 aliphatic heterocycles. The SMILES string of the molecule is O=C(c1c(F)ccc(CBr)c1C(F)(F)F)c1c(F)ccc(CBr)c1C(F)(F)F. The fourth-order valence-corrected chi connectivity index (χ4v) is 3.61. The van der Waals surface area contributed by atoms with E-state index in [2.05, 4.69) is 31.9 Å². The highest BCUT2D eigenvalue weighted by atomic mass is 79.9. The van der Waals surface area contributed by atoms with Crippen LogP contribution in [0.3, 0.4) is 0 Å². The van der Waals surface area contributed by atoms with Gasteiger partial charge in [-0.3, -0.25) is 4.79 Å². The van der Waals surface area contributed by atoms with Gasteiger partial charge < -0.3 is 0 Å². The van der Waals surface area contributed by atoms with E-state index < -0.39 is 73.8 Å². The Morgan fingerprint density at radius 2 is 1.04 bits per heavy atom. The smallest absolute Gasteiger partial charge is 0.288 e. The molecule has 0 aliphatic rings. The molecule has 2 rings (SSSR count). The predicted octanol–water partition coefficient (Wildman–Crippen LogP) is 7.02. The first-order chi connectivity index (χ1) is 12.8. The molecular formula is C17H8Br2F8O. The number of hydrogen-bond acceptors (Lipinski definition) is 1. The lowest BCUT2D eigenvalue weighted by Crippen LogP contribution is -2.23. The first kappa shape index (κ1) is 22.8. The predicted molar refractivity (Wildman–Crippen MR) is 91.5 cm³/mol.